The van der Waals surface area contributed by atoms with Crippen LogP contribution in [0.25, 0.3) is 10.9 Å². The molecule has 5 heteroatoms. The van der Waals surface area contributed by atoms with E-state index < -0.39 is 0 Å². The van der Waals surface area contributed by atoms with Crippen molar-refractivity contribution in [2.24, 2.45) is 0 Å². The normalized spacial score (nSPS) is 10.8. The molecular weight excluding hydrogens is 340 g/mol. The van der Waals surface area contributed by atoms with Crippen LogP contribution < -0.4 is 9.47 Å². The minimum absolute atomic E-state index is 0.0406. The Bertz CT molecular complexity index is 946. The number of amides is 1. The van der Waals surface area contributed by atoms with Gasteiger partial charge < -0.3 is 18.9 Å². The van der Waals surface area contributed by atoms with Crippen LogP contribution in [0.15, 0.2) is 48.7 Å². The molecule has 0 fully saturated rings. The first-order valence-electron chi connectivity index (χ1n) is 9.13. The molecule has 142 valence electrons. The van der Waals surface area contributed by atoms with E-state index in [0.717, 1.165) is 35.0 Å². The maximum Gasteiger partial charge on any atom is 0.255 e. The lowest BCUT2D eigenvalue weighted by Gasteiger charge is -2.17. The molecule has 3 rings (SSSR count). The third kappa shape index (κ3) is 3.77. The van der Waals surface area contributed by atoms with Crippen molar-refractivity contribution in [3.8, 4) is 11.5 Å². The molecule has 2 aromatic carbocycles. The summed E-state index contributed by atoms with van der Waals surface area (Å²) in [5, 5.41) is 1.00. The zero-order chi connectivity index (χ0) is 19.4. The van der Waals surface area contributed by atoms with Crippen LogP contribution in [0.4, 0.5) is 0 Å². The summed E-state index contributed by atoms with van der Waals surface area (Å²) >= 11 is 0. The van der Waals surface area contributed by atoms with Gasteiger partial charge in [-0.05, 0) is 37.1 Å². The second kappa shape index (κ2) is 8.16. The Morgan fingerprint density at radius 3 is 2.52 bits per heavy atom. The molecule has 0 aliphatic rings. The highest BCUT2D eigenvalue weighted by atomic mass is 16.5. The van der Waals surface area contributed by atoms with Crippen LogP contribution in [0.1, 0.15) is 22.8 Å². The number of methoxy groups -OCH3 is 2. The maximum absolute atomic E-state index is 13.0. The molecule has 27 heavy (non-hydrogen) atoms. The van der Waals surface area contributed by atoms with E-state index in [0.29, 0.717) is 18.0 Å². The number of para-hydroxylation sites is 1. The van der Waals surface area contributed by atoms with E-state index in [9.17, 15) is 4.79 Å². The summed E-state index contributed by atoms with van der Waals surface area (Å²) in [4.78, 5) is 14.8. The van der Waals surface area contributed by atoms with Gasteiger partial charge in [0.25, 0.3) is 5.91 Å². The Morgan fingerprint density at radius 2 is 1.81 bits per heavy atom. The van der Waals surface area contributed by atoms with Gasteiger partial charge in [-0.25, -0.2) is 0 Å². The fourth-order valence-corrected chi connectivity index (χ4v) is 3.32. The third-order valence-corrected chi connectivity index (χ3v) is 4.89. The average molecular weight is 366 g/mol. The Labute approximate surface area is 160 Å². The number of benzene rings is 2. The highest BCUT2D eigenvalue weighted by Gasteiger charge is 2.18. The van der Waals surface area contributed by atoms with Crippen LogP contribution in [0.2, 0.25) is 0 Å². The van der Waals surface area contributed by atoms with Crippen molar-refractivity contribution in [2.75, 3.05) is 27.8 Å². The highest BCUT2D eigenvalue weighted by molar-refractivity contribution is 6.06. The van der Waals surface area contributed by atoms with Gasteiger partial charge in [0.15, 0.2) is 11.5 Å². The van der Waals surface area contributed by atoms with E-state index in [1.54, 1.807) is 19.1 Å². The zero-order valence-corrected chi connectivity index (χ0v) is 16.4. The fraction of sp³-hybridized carbons (Fsp3) is 0.318. The summed E-state index contributed by atoms with van der Waals surface area (Å²) in [6.45, 7) is 3.55. The number of likely N-dealkylation sites (N-methyl/N-ethyl adjacent to an activating group) is 1. The smallest absolute Gasteiger partial charge is 0.255 e. The molecule has 3 aromatic rings. The van der Waals surface area contributed by atoms with Crippen molar-refractivity contribution in [1.29, 1.82) is 0 Å². The second-order valence-electron chi connectivity index (χ2n) is 6.51. The number of aryl methyl sites for hydroxylation is 1. The molecule has 0 saturated carbocycles. The topological polar surface area (TPSA) is 43.7 Å². The molecule has 0 N–H and O–H groups in total. The number of nitrogens with zero attached hydrogens (tertiary/aromatic N) is 2. The van der Waals surface area contributed by atoms with E-state index in [-0.39, 0.29) is 5.91 Å². The number of ether oxygens (including phenoxy) is 2. The van der Waals surface area contributed by atoms with Crippen LogP contribution >= 0.6 is 0 Å². The first kappa shape index (κ1) is 18.8. The Balaban J connectivity index is 1.75. The van der Waals surface area contributed by atoms with Crippen LogP contribution in [0.3, 0.4) is 0 Å². The molecule has 1 aromatic heterocycles. The van der Waals surface area contributed by atoms with Gasteiger partial charge in [0.1, 0.15) is 0 Å². The summed E-state index contributed by atoms with van der Waals surface area (Å²) in [6, 6.07) is 13.9. The Hall–Kier alpha value is -2.95. The van der Waals surface area contributed by atoms with Crippen molar-refractivity contribution in [2.45, 2.75) is 19.9 Å². The van der Waals surface area contributed by atoms with E-state index in [4.69, 9.17) is 9.47 Å². The number of aromatic nitrogens is 1. The molecule has 0 atom stereocenters. The summed E-state index contributed by atoms with van der Waals surface area (Å²) in [7, 11) is 5.10. The van der Waals surface area contributed by atoms with Crippen molar-refractivity contribution in [1.82, 2.24) is 9.47 Å². The van der Waals surface area contributed by atoms with Crippen molar-refractivity contribution in [3.05, 3.63) is 59.8 Å². The SMILES string of the molecule is CCn1cc(C(=O)N(C)CCc2ccc(OC)c(OC)c2)c2ccccc21. The van der Waals surface area contributed by atoms with E-state index >= 15 is 0 Å². The Kier molecular flexibility index (Phi) is 5.69. The van der Waals surface area contributed by atoms with Crippen LogP contribution in [0.5, 0.6) is 11.5 Å². The zero-order valence-electron chi connectivity index (χ0n) is 16.4. The number of hydrogen-bond acceptors (Lipinski definition) is 3. The number of rotatable bonds is 7. The first-order chi connectivity index (χ1) is 13.1. The Morgan fingerprint density at radius 1 is 1.07 bits per heavy atom. The number of carbonyl (C=O) groups is 1. The van der Waals surface area contributed by atoms with Gasteiger partial charge in [-0.3, -0.25) is 4.79 Å². The van der Waals surface area contributed by atoms with Crippen LogP contribution in [-0.2, 0) is 13.0 Å². The molecule has 0 spiro atoms. The number of hydrogen-bond donors (Lipinski definition) is 0. The molecule has 0 unspecified atom stereocenters. The number of fused-ring (bicyclic) bond motifs is 1. The molecule has 0 bridgehead atoms. The summed E-state index contributed by atoms with van der Waals surface area (Å²) < 4.78 is 12.7. The van der Waals surface area contributed by atoms with Gasteiger partial charge in [-0.15, -0.1) is 0 Å². The standard InChI is InChI=1S/C22H26N2O3/c1-5-24-15-18(17-8-6-7-9-19(17)24)22(25)23(2)13-12-16-10-11-20(26-3)21(14-16)27-4/h6-11,14-15H,5,12-13H2,1-4H3. The fourth-order valence-electron chi connectivity index (χ4n) is 3.32. The average Bonchev–Trinajstić information content (AvgIpc) is 3.10. The molecule has 0 saturated heterocycles. The van der Waals surface area contributed by atoms with Gasteiger partial charge >= 0.3 is 0 Å². The van der Waals surface area contributed by atoms with Crippen molar-refractivity contribution >= 4 is 16.8 Å². The van der Waals surface area contributed by atoms with Gasteiger partial charge in [-0.1, -0.05) is 24.3 Å². The van der Waals surface area contributed by atoms with Gasteiger partial charge in [0.05, 0.1) is 19.8 Å². The van der Waals surface area contributed by atoms with Crippen molar-refractivity contribution in [3.63, 3.8) is 0 Å². The quantitative estimate of drug-likeness (QED) is 0.635. The van der Waals surface area contributed by atoms with E-state index in [1.165, 1.54) is 0 Å². The van der Waals surface area contributed by atoms with Gasteiger partial charge in [-0.2, -0.15) is 0 Å². The van der Waals surface area contributed by atoms with Gasteiger partial charge in [0.2, 0.25) is 0 Å². The predicted molar refractivity (Wildman–Crippen MR) is 108 cm³/mol. The molecule has 5 nitrogen and oxygen atoms in total. The van der Waals surface area contributed by atoms with E-state index in [1.807, 2.05) is 49.6 Å². The van der Waals surface area contributed by atoms with Gasteiger partial charge in [0, 0.05) is 37.2 Å². The molecule has 1 heterocycles. The summed E-state index contributed by atoms with van der Waals surface area (Å²) in [5.74, 6) is 1.45. The van der Waals surface area contributed by atoms with E-state index in [2.05, 4.69) is 17.6 Å². The minimum atomic E-state index is 0.0406. The highest BCUT2D eigenvalue weighted by Crippen LogP contribution is 2.28. The van der Waals surface area contributed by atoms with Crippen LogP contribution in [0, 0.1) is 0 Å². The minimum Gasteiger partial charge on any atom is -0.493 e. The van der Waals surface area contributed by atoms with Crippen LogP contribution in [-0.4, -0.2) is 43.2 Å². The maximum atomic E-state index is 13.0. The molecular formula is C22H26N2O3. The lowest BCUT2D eigenvalue weighted by molar-refractivity contribution is 0.0798. The molecule has 0 aliphatic heterocycles. The third-order valence-electron chi connectivity index (χ3n) is 4.89. The molecule has 0 radical (unpaired) electrons. The lowest BCUT2D eigenvalue weighted by atomic mass is 10.1. The first-order valence-corrected chi connectivity index (χ1v) is 9.13. The molecule has 1 amide bonds. The summed E-state index contributed by atoms with van der Waals surface area (Å²) in [5.41, 5.74) is 2.95. The molecule has 0 aliphatic carbocycles. The second-order valence-corrected chi connectivity index (χ2v) is 6.51. The lowest BCUT2D eigenvalue weighted by Crippen LogP contribution is -2.28. The van der Waals surface area contributed by atoms with Crippen molar-refractivity contribution < 1.29 is 14.3 Å². The number of carbonyl (C=O) groups excluding carboxylic acids is 1. The predicted octanol–water partition coefficient (Wildman–Crippen LogP) is 3.99. The largest absolute Gasteiger partial charge is 0.493 e. The monoisotopic (exact) mass is 366 g/mol. The summed E-state index contributed by atoms with van der Waals surface area (Å²) in [6.07, 6.45) is 2.70.